The Balaban J connectivity index is 3.29. The van der Waals surface area contributed by atoms with Gasteiger partial charge in [-0.05, 0) is 18.8 Å². The summed E-state index contributed by atoms with van der Waals surface area (Å²) >= 11 is 0. The van der Waals surface area contributed by atoms with Gasteiger partial charge in [-0.25, -0.2) is 5.48 Å². The molecule has 0 aliphatic rings. The first kappa shape index (κ1) is 16.9. The maximum Gasteiger partial charge on any atom is 0.303 e. The summed E-state index contributed by atoms with van der Waals surface area (Å²) in [7, 11) is 0. The Labute approximate surface area is 109 Å². The molecule has 0 fully saturated rings. The van der Waals surface area contributed by atoms with Crippen LogP contribution in [-0.2, 0) is 14.4 Å². The number of hydrogen-bond acceptors (Lipinski definition) is 3. The van der Waals surface area contributed by atoms with E-state index in [1.54, 1.807) is 0 Å². The Kier molecular flexibility index (Phi) is 10.3. The molecule has 0 saturated carbocycles. The van der Waals surface area contributed by atoms with Gasteiger partial charge in [0.05, 0.1) is 6.61 Å². The summed E-state index contributed by atoms with van der Waals surface area (Å²) in [4.78, 5) is 26.7. The molecule has 18 heavy (non-hydrogen) atoms. The Morgan fingerprint density at radius 1 is 1.17 bits per heavy atom. The lowest BCUT2D eigenvalue weighted by molar-refractivity contribution is -0.137. The van der Waals surface area contributed by atoms with Crippen LogP contribution in [0.3, 0.4) is 0 Å². The van der Waals surface area contributed by atoms with Gasteiger partial charge in [0.1, 0.15) is 0 Å². The van der Waals surface area contributed by atoms with Crippen molar-refractivity contribution in [2.24, 2.45) is 5.92 Å². The average molecular weight is 259 g/mol. The number of carboxylic acids is 1. The number of aliphatic carboxylic acids is 1. The third-order valence-corrected chi connectivity index (χ3v) is 2.80. The minimum Gasteiger partial charge on any atom is -0.481 e. The fourth-order valence-electron chi connectivity index (χ4n) is 1.35. The van der Waals surface area contributed by atoms with Gasteiger partial charge in [-0.2, -0.15) is 0 Å². The Bertz CT molecular complexity index is 243. The molecule has 5 heteroatoms. The van der Waals surface area contributed by atoms with Crippen LogP contribution < -0.4 is 5.48 Å². The standard InChI is InChI=1S/C13H25NO4/c1-3-11(2)10-18-14-12(15)8-6-4-5-7-9-13(16)17/h11H,3-10H2,1-2H3,(H,14,15)(H,16,17)/t11-/m0/s1. The molecule has 0 heterocycles. The molecule has 0 bridgehead atoms. The second-order valence-electron chi connectivity index (χ2n) is 4.66. The maximum atomic E-state index is 11.3. The van der Waals surface area contributed by atoms with Gasteiger partial charge in [0.2, 0.25) is 5.91 Å². The van der Waals surface area contributed by atoms with E-state index in [9.17, 15) is 9.59 Å². The number of carbonyl (C=O) groups is 2. The van der Waals surface area contributed by atoms with E-state index in [2.05, 4.69) is 19.3 Å². The fourth-order valence-corrected chi connectivity index (χ4v) is 1.35. The molecule has 0 aromatic heterocycles. The predicted molar refractivity (Wildman–Crippen MR) is 68.9 cm³/mol. The van der Waals surface area contributed by atoms with Crippen LogP contribution in [0.2, 0.25) is 0 Å². The summed E-state index contributed by atoms with van der Waals surface area (Å²) in [5.41, 5.74) is 2.42. The fraction of sp³-hybridized carbons (Fsp3) is 0.846. The van der Waals surface area contributed by atoms with Crippen molar-refractivity contribution in [3.8, 4) is 0 Å². The first-order valence-corrected chi connectivity index (χ1v) is 6.68. The Hall–Kier alpha value is -1.10. The van der Waals surface area contributed by atoms with Crippen LogP contribution in [0.25, 0.3) is 0 Å². The van der Waals surface area contributed by atoms with Crippen molar-refractivity contribution in [3.63, 3.8) is 0 Å². The normalized spacial score (nSPS) is 12.1. The Morgan fingerprint density at radius 3 is 2.33 bits per heavy atom. The van der Waals surface area contributed by atoms with Gasteiger partial charge in [-0.1, -0.05) is 33.1 Å². The number of carboxylic acid groups (broad SMARTS) is 1. The molecule has 0 aliphatic carbocycles. The molecule has 0 aliphatic heterocycles. The highest BCUT2D eigenvalue weighted by molar-refractivity contribution is 5.74. The predicted octanol–water partition coefficient (Wildman–Crippen LogP) is 2.51. The molecule has 0 rings (SSSR count). The van der Waals surface area contributed by atoms with E-state index in [-0.39, 0.29) is 12.3 Å². The van der Waals surface area contributed by atoms with Crippen molar-refractivity contribution in [3.05, 3.63) is 0 Å². The van der Waals surface area contributed by atoms with Gasteiger partial charge in [-0.3, -0.25) is 14.4 Å². The molecule has 2 N–H and O–H groups in total. The van der Waals surface area contributed by atoms with Crippen LogP contribution in [0.1, 0.15) is 58.8 Å². The Morgan fingerprint density at radius 2 is 1.78 bits per heavy atom. The van der Waals surface area contributed by atoms with Gasteiger partial charge < -0.3 is 5.11 Å². The van der Waals surface area contributed by atoms with Gasteiger partial charge in [0.15, 0.2) is 0 Å². The van der Waals surface area contributed by atoms with Crippen LogP contribution >= 0.6 is 0 Å². The number of rotatable bonds is 11. The first-order chi connectivity index (χ1) is 8.56. The van der Waals surface area contributed by atoms with Gasteiger partial charge in [0, 0.05) is 12.8 Å². The molecule has 0 unspecified atom stereocenters. The number of carbonyl (C=O) groups excluding carboxylic acids is 1. The second kappa shape index (κ2) is 11.0. The highest BCUT2D eigenvalue weighted by Gasteiger charge is 2.03. The summed E-state index contributed by atoms with van der Waals surface area (Å²) in [5, 5.41) is 8.44. The van der Waals surface area contributed by atoms with E-state index >= 15 is 0 Å². The van der Waals surface area contributed by atoms with Crippen molar-refractivity contribution in [1.82, 2.24) is 5.48 Å². The number of hydroxylamine groups is 1. The number of nitrogens with one attached hydrogen (secondary N) is 1. The quantitative estimate of drug-likeness (QED) is 0.441. The SMILES string of the molecule is CC[C@H](C)CONC(=O)CCCCCCC(=O)O. The van der Waals surface area contributed by atoms with Crippen LogP contribution in [0.15, 0.2) is 0 Å². The number of unbranched alkanes of at least 4 members (excludes halogenated alkanes) is 3. The van der Waals surface area contributed by atoms with E-state index in [1.807, 2.05) is 0 Å². The molecule has 0 aromatic rings. The third-order valence-electron chi connectivity index (χ3n) is 2.80. The van der Waals surface area contributed by atoms with Crippen molar-refractivity contribution < 1.29 is 19.5 Å². The number of amides is 1. The largest absolute Gasteiger partial charge is 0.481 e. The molecular formula is C13H25NO4. The van der Waals surface area contributed by atoms with Crippen LogP contribution in [0.5, 0.6) is 0 Å². The summed E-state index contributed by atoms with van der Waals surface area (Å²) in [6.45, 7) is 4.68. The second-order valence-corrected chi connectivity index (χ2v) is 4.66. The van der Waals surface area contributed by atoms with Crippen LogP contribution in [0, 0.1) is 5.92 Å². The van der Waals surface area contributed by atoms with E-state index in [4.69, 9.17) is 9.94 Å². The lowest BCUT2D eigenvalue weighted by Gasteiger charge is -2.09. The van der Waals surface area contributed by atoms with Crippen molar-refractivity contribution in [1.29, 1.82) is 0 Å². The maximum absolute atomic E-state index is 11.3. The monoisotopic (exact) mass is 259 g/mol. The molecule has 0 saturated heterocycles. The zero-order valence-corrected chi connectivity index (χ0v) is 11.4. The van der Waals surface area contributed by atoms with E-state index < -0.39 is 5.97 Å². The topological polar surface area (TPSA) is 75.6 Å². The molecule has 0 aromatic carbocycles. The summed E-state index contributed by atoms with van der Waals surface area (Å²) < 4.78 is 0. The molecule has 5 nitrogen and oxygen atoms in total. The van der Waals surface area contributed by atoms with E-state index in [0.717, 1.165) is 25.7 Å². The van der Waals surface area contributed by atoms with Crippen LogP contribution in [-0.4, -0.2) is 23.6 Å². The minimum absolute atomic E-state index is 0.100. The highest BCUT2D eigenvalue weighted by Crippen LogP contribution is 2.05. The smallest absolute Gasteiger partial charge is 0.303 e. The van der Waals surface area contributed by atoms with Gasteiger partial charge in [-0.15, -0.1) is 0 Å². The zero-order valence-electron chi connectivity index (χ0n) is 11.4. The molecule has 0 spiro atoms. The highest BCUT2D eigenvalue weighted by atomic mass is 16.6. The van der Waals surface area contributed by atoms with Gasteiger partial charge in [0.25, 0.3) is 0 Å². The van der Waals surface area contributed by atoms with E-state index in [1.165, 1.54) is 0 Å². The molecule has 0 radical (unpaired) electrons. The molecule has 1 amide bonds. The summed E-state index contributed by atoms with van der Waals surface area (Å²) in [5.74, 6) is -0.413. The first-order valence-electron chi connectivity index (χ1n) is 6.68. The number of hydrogen-bond donors (Lipinski definition) is 2. The molecule has 1 atom stereocenters. The van der Waals surface area contributed by atoms with Crippen molar-refractivity contribution >= 4 is 11.9 Å². The lowest BCUT2D eigenvalue weighted by atomic mass is 10.1. The average Bonchev–Trinajstić information content (AvgIpc) is 2.33. The van der Waals surface area contributed by atoms with Gasteiger partial charge >= 0.3 is 5.97 Å². The van der Waals surface area contributed by atoms with Crippen molar-refractivity contribution in [2.75, 3.05) is 6.61 Å². The summed E-state index contributed by atoms with van der Waals surface area (Å²) in [6.07, 6.45) is 4.87. The third kappa shape index (κ3) is 11.4. The summed E-state index contributed by atoms with van der Waals surface area (Å²) in [6, 6.07) is 0. The minimum atomic E-state index is -0.758. The zero-order chi connectivity index (χ0) is 13.8. The van der Waals surface area contributed by atoms with E-state index in [0.29, 0.717) is 25.4 Å². The molecular weight excluding hydrogens is 234 g/mol. The molecule has 106 valence electrons. The lowest BCUT2D eigenvalue weighted by Crippen LogP contribution is -2.25. The van der Waals surface area contributed by atoms with Crippen LogP contribution in [0.4, 0.5) is 0 Å². The van der Waals surface area contributed by atoms with Crippen molar-refractivity contribution in [2.45, 2.75) is 58.8 Å².